The maximum absolute atomic E-state index is 3.60. The molecule has 0 nitrogen and oxygen atoms in total. The summed E-state index contributed by atoms with van der Waals surface area (Å²) in [6.07, 6.45) is 0. The van der Waals surface area contributed by atoms with E-state index in [0.29, 0.717) is 0 Å². The molecule has 0 saturated carbocycles. The van der Waals surface area contributed by atoms with Gasteiger partial charge in [0.1, 0.15) is 0 Å². The third-order valence-electron chi connectivity index (χ3n) is 16.2. The van der Waals surface area contributed by atoms with Crippen LogP contribution in [0.4, 0.5) is 0 Å². The molecule has 4 unspecified atom stereocenters. The van der Waals surface area contributed by atoms with Gasteiger partial charge in [-0.2, -0.15) is 0 Å². The monoisotopic (exact) mass is 354 g/mol. The van der Waals surface area contributed by atoms with Crippen LogP contribution in [0.1, 0.15) is 11.1 Å². The van der Waals surface area contributed by atoms with E-state index in [1.54, 1.807) is 0 Å². The van der Waals surface area contributed by atoms with Gasteiger partial charge in [-0.3, -0.25) is 0 Å². The van der Waals surface area contributed by atoms with Gasteiger partial charge in [-0.15, -0.1) is 0 Å². The first-order valence-electron chi connectivity index (χ1n) is 7.95. The molecule has 0 aliphatic carbocycles. The van der Waals surface area contributed by atoms with Gasteiger partial charge < -0.3 is 0 Å². The number of rotatable bonds is 2. The quantitative estimate of drug-likeness (QED) is 0.494. The van der Waals surface area contributed by atoms with Crippen LogP contribution in [0.2, 0.25) is 43.3 Å². The molecule has 10 aliphatic rings. The molecule has 10 aliphatic heterocycles. The predicted octanol–water partition coefficient (Wildman–Crippen LogP) is 5.38. The Morgan fingerprint density at radius 1 is 0.842 bits per heavy atom. The summed E-state index contributed by atoms with van der Waals surface area (Å²) in [5.41, 5.74) is 3.35. The van der Waals surface area contributed by atoms with E-state index in [2.05, 4.69) is 40.2 Å². The first-order chi connectivity index (χ1) is 9.08. The standard InChI is InChI=1S/C12H10Br.C5H5.Fe/c13-9-10-5-7-12(8-6-10)11-3-1-2-4-11;1-2-4-5-3-1;/h1-8H,9H2;1-5H;. The van der Waals surface area contributed by atoms with E-state index in [1.165, 1.54) is 48.9 Å². The van der Waals surface area contributed by atoms with Crippen LogP contribution in [-0.4, -0.2) is 0 Å². The van der Waals surface area contributed by atoms with Crippen molar-refractivity contribution in [3.8, 4) is 0 Å². The zero-order valence-electron chi connectivity index (χ0n) is 10.4. The average molecular weight is 355 g/mol. The van der Waals surface area contributed by atoms with Crippen molar-refractivity contribution in [1.29, 1.82) is 0 Å². The van der Waals surface area contributed by atoms with E-state index >= 15 is 0 Å². The molecule has 0 aromatic heterocycles. The van der Waals surface area contributed by atoms with Gasteiger partial charge in [-0.05, 0) is 0 Å². The number of fused-ring (bicyclic) bond motifs is 10. The van der Waals surface area contributed by atoms with Crippen molar-refractivity contribution in [1.82, 2.24) is 0 Å². The second-order valence-electron chi connectivity index (χ2n) is 11.5. The molecule has 2 heteroatoms. The summed E-state index contributed by atoms with van der Waals surface area (Å²) < 4.78 is 0.962. The molecule has 1 aromatic rings. The third-order valence-corrected chi connectivity index (χ3v) is 59.2. The maximum atomic E-state index is 3.60. The summed E-state index contributed by atoms with van der Waals surface area (Å²) in [6, 6.07) is 10.0. The summed E-state index contributed by atoms with van der Waals surface area (Å²) >= 11 is 3.60. The number of benzene rings is 1. The molecule has 11 rings (SSSR count). The second kappa shape index (κ2) is 0.679. The van der Waals surface area contributed by atoms with E-state index in [9.17, 15) is 0 Å². The molecule has 0 radical (unpaired) electrons. The van der Waals surface area contributed by atoms with Crippen LogP contribution in [-0.2, 0) is 16.2 Å². The number of hydrogen-bond donors (Lipinski definition) is 0. The van der Waals surface area contributed by atoms with Gasteiger partial charge in [-0.25, -0.2) is 0 Å². The molecule has 0 bridgehead atoms. The van der Waals surface area contributed by atoms with Gasteiger partial charge in [0.25, 0.3) is 0 Å². The number of alkyl halides is 1. The van der Waals surface area contributed by atoms with E-state index in [1.807, 2.05) is 5.56 Å². The van der Waals surface area contributed by atoms with Crippen LogP contribution in [0.25, 0.3) is 0 Å². The fourth-order valence-corrected chi connectivity index (χ4v) is 92.5. The van der Waals surface area contributed by atoms with E-state index in [4.69, 9.17) is 0 Å². The van der Waals surface area contributed by atoms with Gasteiger partial charge in [0.15, 0.2) is 0 Å². The SMILES string of the molecule is BrCc1ccc([C]23[CH]4[CH]5[CH]6[CH]2[Fe]56432789[CH]3[CH]2[CH]7[CH]8[CH]39)cc1. The van der Waals surface area contributed by atoms with Crippen molar-refractivity contribution < 1.29 is 6.51 Å². The number of halogens is 1. The Hall–Kier alpha value is 0.219. The van der Waals surface area contributed by atoms with Crippen LogP contribution in [0.15, 0.2) is 24.3 Å². The van der Waals surface area contributed by atoms with Gasteiger partial charge in [0, 0.05) is 0 Å². The fraction of sp³-hybridized carbons (Fsp3) is 0.647. The Balaban J connectivity index is 1.45. The van der Waals surface area contributed by atoms with Crippen molar-refractivity contribution in [2.45, 2.75) is 53.0 Å². The molecule has 1 aromatic carbocycles. The van der Waals surface area contributed by atoms with Crippen molar-refractivity contribution in [2.24, 2.45) is 0 Å². The molecule has 10 saturated heterocycles. The summed E-state index contributed by atoms with van der Waals surface area (Å²) in [6.45, 7) is -2.86. The van der Waals surface area contributed by atoms with Crippen molar-refractivity contribution in [3.05, 3.63) is 35.4 Å². The summed E-state index contributed by atoms with van der Waals surface area (Å²) in [7, 11) is 0. The number of hydrogen-bond acceptors (Lipinski definition) is 0. The molecule has 4 atom stereocenters. The van der Waals surface area contributed by atoms with Gasteiger partial charge in [0.2, 0.25) is 0 Å². The Morgan fingerprint density at radius 3 is 1.68 bits per heavy atom. The Bertz CT molecular complexity index is 1080. The molecule has 10 fully saturated rings. The fourth-order valence-electron chi connectivity index (χ4n) is 17.8. The summed E-state index contributed by atoms with van der Waals surface area (Å²) in [5, 5.41) is 1.02. The molecule has 10 heterocycles. The van der Waals surface area contributed by atoms with Crippen LogP contribution in [0.5, 0.6) is 0 Å². The summed E-state index contributed by atoms with van der Waals surface area (Å²) in [4.78, 5) is 13.0. The first-order valence-corrected chi connectivity index (χ1v) is 15.4. The normalized spacial score (nSPS) is 108. The molecule has 0 amide bonds. The zero-order chi connectivity index (χ0) is 11.7. The second-order valence-corrected chi connectivity index (χ2v) is 35.6. The summed E-state index contributed by atoms with van der Waals surface area (Å²) in [5.74, 6) is 0. The molecule has 98 valence electrons. The predicted molar refractivity (Wildman–Crippen MR) is 74.5 cm³/mol. The van der Waals surface area contributed by atoms with Crippen molar-refractivity contribution in [2.75, 3.05) is 0 Å². The topological polar surface area (TPSA) is 0 Å². The minimum absolute atomic E-state index is 0.962. The van der Waals surface area contributed by atoms with Gasteiger partial charge in [-0.1, -0.05) is 0 Å². The Labute approximate surface area is 110 Å². The Morgan fingerprint density at radius 2 is 1.37 bits per heavy atom. The van der Waals surface area contributed by atoms with Crippen LogP contribution >= 0.6 is 15.9 Å². The minimum atomic E-state index is -2.86. The van der Waals surface area contributed by atoms with Crippen molar-refractivity contribution in [3.63, 3.8) is 0 Å². The average Bonchev–Trinajstić information content (AvgIpc) is 3.39. The Kier molecular flexibility index (Phi) is 0.267. The van der Waals surface area contributed by atoms with E-state index in [0.717, 1.165) is 9.64 Å². The molecule has 19 heavy (non-hydrogen) atoms. The third kappa shape index (κ3) is 0.0897. The molecular weight excluding hydrogens is 340 g/mol. The van der Waals surface area contributed by atoms with Gasteiger partial charge in [0.05, 0.1) is 0 Å². The molecule has 0 N–H and O–H groups in total. The molecule has 1 spiro atoms. The first kappa shape index (κ1) is 7.47. The van der Waals surface area contributed by atoms with Crippen LogP contribution in [0.3, 0.4) is 0 Å². The van der Waals surface area contributed by atoms with E-state index in [-0.39, 0.29) is 0 Å². The van der Waals surface area contributed by atoms with Crippen molar-refractivity contribution >= 4 is 15.9 Å². The van der Waals surface area contributed by atoms with Crippen LogP contribution in [0, 0.1) is 0 Å². The van der Waals surface area contributed by atoms with E-state index < -0.39 is 6.51 Å². The van der Waals surface area contributed by atoms with Gasteiger partial charge >= 0.3 is 111 Å². The zero-order valence-corrected chi connectivity index (χ0v) is 13.1. The van der Waals surface area contributed by atoms with Crippen LogP contribution < -0.4 is 0 Å². The molecular formula is C17H15BrFe.